The third kappa shape index (κ3) is 4.65. The molecule has 1 saturated carbocycles. The maximum Gasteiger partial charge on any atom is 0.274 e. The number of para-hydroxylation sites is 1. The molecular formula is C20H22FN3O2. The number of aromatic nitrogens is 1. The fraction of sp³-hybridized carbons (Fsp3) is 0.350. The van der Waals surface area contributed by atoms with Crippen molar-refractivity contribution in [2.75, 3.05) is 5.32 Å². The standard InChI is InChI=1S/C20H22FN3O2/c21-16-9-5-6-10-17(16)24-20(26)18-13-14(11-12-22-18)19(25)23-15-7-3-1-2-4-8-15/h5-6,9-13,15H,1-4,7-8H2,(H,23,25)(H,24,26). The van der Waals surface area contributed by atoms with Crippen LogP contribution in [0.2, 0.25) is 0 Å². The zero-order valence-corrected chi connectivity index (χ0v) is 14.5. The largest absolute Gasteiger partial charge is 0.349 e. The molecule has 1 fully saturated rings. The number of halogens is 1. The van der Waals surface area contributed by atoms with Crippen molar-refractivity contribution in [1.29, 1.82) is 0 Å². The molecule has 0 radical (unpaired) electrons. The van der Waals surface area contributed by atoms with E-state index in [1.807, 2.05) is 0 Å². The molecule has 2 aromatic rings. The van der Waals surface area contributed by atoms with E-state index in [9.17, 15) is 14.0 Å². The van der Waals surface area contributed by atoms with Crippen LogP contribution in [-0.4, -0.2) is 22.8 Å². The van der Waals surface area contributed by atoms with E-state index >= 15 is 0 Å². The molecule has 1 aromatic heterocycles. The first-order valence-electron chi connectivity index (χ1n) is 8.96. The molecule has 1 aliphatic rings. The topological polar surface area (TPSA) is 71.1 Å². The highest BCUT2D eigenvalue weighted by Crippen LogP contribution is 2.18. The van der Waals surface area contributed by atoms with E-state index in [4.69, 9.17) is 0 Å². The van der Waals surface area contributed by atoms with Gasteiger partial charge in [0.25, 0.3) is 11.8 Å². The Labute approximate surface area is 152 Å². The number of hydrogen-bond acceptors (Lipinski definition) is 3. The van der Waals surface area contributed by atoms with Gasteiger partial charge in [-0.2, -0.15) is 0 Å². The summed E-state index contributed by atoms with van der Waals surface area (Å²) < 4.78 is 13.7. The summed E-state index contributed by atoms with van der Waals surface area (Å²) in [6.07, 6.45) is 8.05. The van der Waals surface area contributed by atoms with Crippen LogP contribution in [0, 0.1) is 5.82 Å². The number of nitrogens with one attached hydrogen (secondary N) is 2. The summed E-state index contributed by atoms with van der Waals surface area (Å²) in [7, 11) is 0. The average molecular weight is 355 g/mol. The highest BCUT2D eigenvalue weighted by molar-refractivity contribution is 6.04. The lowest BCUT2D eigenvalue weighted by Crippen LogP contribution is -2.34. The predicted octanol–water partition coefficient (Wildman–Crippen LogP) is 3.93. The van der Waals surface area contributed by atoms with Gasteiger partial charge in [0, 0.05) is 17.8 Å². The molecule has 136 valence electrons. The van der Waals surface area contributed by atoms with Gasteiger partial charge in [0.15, 0.2) is 0 Å². The molecule has 0 bridgehead atoms. The Morgan fingerprint density at radius 3 is 2.46 bits per heavy atom. The van der Waals surface area contributed by atoms with Crippen molar-refractivity contribution in [2.24, 2.45) is 0 Å². The molecule has 6 heteroatoms. The fourth-order valence-electron chi connectivity index (χ4n) is 3.14. The monoisotopic (exact) mass is 355 g/mol. The molecule has 0 saturated heterocycles. The van der Waals surface area contributed by atoms with Gasteiger partial charge in [-0.1, -0.05) is 37.8 Å². The smallest absolute Gasteiger partial charge is 0.274 e. The quantitative estimate of drug-likeness (QED) is 0.817. The molecule has 0 unspecified atom stereocenters. The summed E-state index contributed by atoms with van der Waals surface area (Å²) in [5.74, 6) is -1.29. The Hall–Kier alpha value is -2.76. The number of pyridine rings is 1. The van der Waals surface area contributed by atoms with E-state index in [-0.39, 0.29) is 23.3 Å². The number of rotatable bonds is 4. The van der Waals surface area contributed by atoms with Crippen molar-refractivity contribution in [1.82, 2.24) is 10.3 Å². The molecule has 1 aromatic carbocycles. The first-order chi connectivity index (χ1) is 12.6. The van der Waals surface area contributed by atoms with Gasteiger partial charge >= 0.3 is 0 Å². The van der Waals surface area contributed by atoms with E-state index < -0.39 is 11.7 Å². The molecule has 2 amide bonds. The number of carbonyl (C=O) groups excluding carboxylic acids is 2. The van der Waals surface area contributed by atoms with Crippen LogP contribution < -0.4 is 10.6 Å². The van der Waals surface area contributed by atoms with Crippen LogP contribution in [0.25, 0.3) is 0 Å². The van der Waals surface area contributed by atoms with Gasteiger partial charge in [-0.15, -0.1) is 0 Å². The van der Waals surface area contributed by atoms with Gasteiger partial charge in [-0.25, -0.2) is 4.39 Å². The summed E-state index contributed by atoms with van der Waals surface area (Å²) in [6, 6.07) is 9.09. The fourth-order valence-corrected chi connectivity index (χ4v) is 3.14. The Morgan fingerprint density at radius 2 is 1.73 bits per heavy atom. The van der Waals surface area contributed by atoms with Gasteiger partial charge in [-0.05, 0) is 37.1 Å². The minimum atomic E-state index is -0.556. The summed E-state index contributed by atoms with van der Waals surface area (Å²) in [5, 5.41) is 5.52. The maximum atomic E-state index is 13.7. The number of anilines is 1. The van der Waals surface area contributed by atoms with Crippen molar-refractivity contribution in [3.63, 3.8) is 0 Å². The van der Waals surface area contributed by atoms with Crippen molar-refractivity contribution in [2.45, 2.75) is 44.6 Å². The Kier molecular flexibility index (Phi) is 5.94. The molecule has 1 heterocycles. The van der Waals surface area contributed by atoms with Gasteiger partial charge < -0.3 is 10.6 Å². The zero-order chi connectivity index (χ0) is 18.4. The number of amides is 2. The van der Waals surface area contributed by atoms with Crippen LogP contribution in [-0.2, 0) is 0 Å². The molecule has 2 N–H and O–H groups in total. The average Bonchev–Trinajstić information content (AvgIpc) is 2.92. The number of carbonyl (C=O) groups is 2. The van der Waals surface area contributed by atoms with Crippen LogP contribution in [0.15, 0.2) is 42.6 Å². The second-order valence-electron chi connectivity index (χ2n) is 6.53. The second-order valence-corrected chi connectivity index (χ2v) is 6.53. The maximum absolute atomic E-state index is 13.7. The molecule has 26 heavy (non-hydrogen) atoms. The van der Waals surface area contributed by atoms with Crippen LogP contribution in [0.5, 0.6) is 0 Å². The molecular weight excluding hydrogens is 333 g/mol. The molecule has 3 rings (SSSR count). The first-order valence-corrected chi connectivity index (χ1v) is 8.96. The van der Waals surface area contributed by atoms with E-state index in [2.05, 4.69) is 15.6 Å². The summed E-state index contributed by atoms with van der Waals surface area (Å²) >= 11 is 0. The number of nitrogens with zero attached hydrogens (tertiary/aromatic N) is 1. The van der Waals surface area contributed by atoms with Crippen molar-refractivity contribution in [3.05, 3.63) is 59.7 Å². The SMILES string of the molecule is O=C(NC1CCCCCC1)c1ccnc(C(=O)Nc2ccccc2F)c1. The van der Waals surface area contributed by atoms with E-state index in [0.717, 1.165) is 25.7 Å². The molecule has 1 aliphatic carbocycles. The molecule has 0 atom stereocenters. The normalized spacial score (nSPS) is 15.1. The summed E-state index contributed by atoms with van der Waals surface area (Å²) in [5.41, 5.74) is 0.525. The lowest BCUT2D eigenvalue weighted by atomic mass is 10.1. The predicted molar refractivity (Wildman–Crippen MR) is 97.5 cm³/mol. The third-order valence-corrected chi connectivity index (χ3v) is 4.57. The van der Waals surface area contributed by atoms with Crippen molar-refractivity contribution in [3.8, 4) is 0 Å². The molecule has 5 nitrogen and oxygen atoms in total. The van der Waals surface area contributed by atoms with E-state index in [1.54, 1.807) is 18.2 Å². The summed E-state index contributed by atoms with van der Waals surface area (Å²) in [4.78, 5) is 28.8. The van der Waals surface area contributed by atoms with Crippen molar-refractivity contribution >= 4 is 17.5 Å². The molecule has 0 spiro atoms. The minimum absolute atomic E-state index is 0.0711. The lowest BCUT2D eigenvalue weighted by molar-refractivity contribution is 0.0933. The highest BCUT2D eigenvalue weighted by atomic mass is 19.1. The van der Waals surface area contributed by atoms with Gasteiger partial charge in [0.05, 0.1) is 5.69 Å². The molecule has 0 aliphatic heterocycles. The van der Waals surface area contributed by atoms with E-state index in [0.29, 0.717) is 5.56 Å². The Morgan fingerprint density at radius 1 is 1.00 bits per heavy atom. The van der Waals surface area contributed by atoms with Crippen molar-refractivity contribution < 1.29 is 14.0 Å². The van der Waals surface area contributed by atoms with Crippen LogP contribution >= 0.6 is 0 Å². The van der Waals surface area contributed by atoms with Gasteiger partial charge in [0.1, 0.15) is 11.5 Å². The Balaban J connectivity index is 1.68. The summed E-state index contributed by atoms with van der Waals surface area (Å²) in [6.45, 7) is 0. The van der Waals surface area contributed by atoms with Crippen LogP contribution in [0.3, 0.4) is 0 Å². The number of hydrogen-bond donors (Lipinski definition) is 2. The lowest BCUT2D eigenvalue weighted by Gasteiger charge is -2.16. The van der Waals surface area contributed by atoms with Gasteiger partial charge in [-0.3, -0.25) is 14.6 Å². The second kappa shape index (κ2) is 8.56. The van der Waals surface area contributed by atoms with Crippen LogP contribution in [0.4, 0.5) is 10.1 Å². The first kappa shape index (κ1) is 18.0. The highest BCUT2D eigenvalue weighted by Gasteiger charge is 2.17. The number of benzene rings is 1. The van der Waals surface area contributed by atoms with E-state index in [1.165, 1.54) is 37.2 Å². The van der Waals surface area contributed by atoms with Crippen LogP contribution in [0.1, 0.15) is 59.4 Å². The van der Waals surface area contributed by atoms with Gasteiger partial charge in [0.2, 0.25) is 0 Å². The minimum Gasteiger partial charge on any atom is -0.349 e. The third-order valence-electron chi connectivity index (χ3n) is 4.57. The Bertz CT molecular complexity index is 786. The zero-order valence-electron chi connectivity index (χ0n) is 14.5.